The molecular weight excluding hydrogens is 832 g/mol. The number of unbranched alkanes of at least 4 members (excludes halogenated alkanes) is 9. The minimum absolute atomic E-state index is 0.133. The maximum absolute atomic E-state index is 13.1. The van der Waals surface area contributed by atoms with Gasteiger partial charge in [-0.15, -0.1) is 0 Å². The van der Waals surface area contributed by atoms with Gasteiger partial charge >= 0.3 is 0 Å². The minimum atomic E-state index is -1.64. The predicted octanol–water partition coefficient (Wildman–Crippen LogP) is -1.20. The summed E-state index contributed by atoms with van der Waals surface area (Å²) in [4.78, 5) is 13.1. The quantitative estimate of drug-likeness (QED) is 0.0379. The Bertz CT molecular complexity index is 1320. The lowest BCUT2D eigenvalue weighted by Gasteiger charge is -2.50. The van der Waals surface area contributed by atoms with Crippen molar-refractivity contribution in [2.45, 2.75) is 208 Å². The van der Waals surface area contributed by atoms with Crippen molar-refractivity contribution in [2.75, 3.05) is 33.5 Å². The number of hydrogen-bond acceptors (Lipinski definition) is 19. The monoisotopic (exact) mass is 911 g/mol. The van der Waals surface area contributed by atoms with Gasteiger partial charge in [0.05, 0.1) is 44.7 Å². The summed E-state index contributed by atoms with van der Waals surface area (Å²) in [5, 5.41) is 99.1. The molecule has 20 nitrogen and oxygen atoms in total. The largest absolute Gasteiger partial charge is 0.394 e. The fraction of sp³-hybridized carbons (Fsp3) is 0.930. The first kappa shape index (κ1) is 54.1. The summed E-state index contributed by atoms with van der Waals surface area (Å²) in [7, 11) is 1.39. The van der Waals surface area contributed by atoms with E-state index >= 15 is 0 Å². The van der Waals surface area contributed by atoms with Crippen LogP contribution in [0.2, 0.25) is 0 Å². The third kappa shape index (κ3) is 14.5. The molecule has 4 fully saturated rings. The van der Waals surface area contributed by atoms with E-state index < -0.39 is 155 Å². The van der Waals surface area contributed by atoms with E-state index in [1.807, 2.05) is 0 Å². The molecule has 0 aromatic rings. The number of rotatable bonds is 25. The molecule has 20 atom stereocenters. The molecule has 4 aliphatic rings. The standard InChI is InChI=1S/C43H78N2O18/c1-5-6-7-8-9-10-11-12-13-14-15-16-17-18-29(50)45-31-36(55)34(53)25(19-46)57-43(31)63-38-27(21-48)59-41(24(3)33(38)52)61-39-28(22-49)60-42(30(44)35(39)54)62-37-26(20-47)58-40(56-4)23(2)32(37)51/h10-11,23-28,30-43,46-49,51-55H,5-9,12-22,44H2,1-4H3,(H,45,50)/b11-10-/t23-,24-,25?,26?,27?,28?,30?,31?,32?,33?,34?,35-,36-,37+,38+,39?,40+,41-,42+,43+/m1/s1. The fourth-order valence-corrected chi connectivity index (χ4v) is 8.62. The van der Waals surface area contributed by atoms with Gasteiger partial charge in [0.1, 0.15) is 67.1 Å². The molecular formula is C43H78N2O18. The van der Waals surface area contributed by atoms with Gasteiger partial charge in [-0.05, 0) is 32.1 Å². The Balaban J connectivity index is 1.33. The second-order valence-corrected chi connectivity index (χ2v) is 17.4. The van der Waals surface area contributed by atoms with Crippen LogP contribution in [-0.2, 0) is 42.7 Å². The van der Waals surface area contributed by atoms with Crippen LogP contribution in [0.1, 0.15) is 97.8 Å². The van der Waals surface area contributed by atoms with Crippen LogP contribution >= 0.6 is 0 Å². The second-order valence-electron chi connectivity index (χ2n) is 17.4. The van der Waals surface area contributed by atoms with E-state index in [4.69, 9.17) is 43.6 Å². The topological polar surface area (TPSA) is 311 Å². The van der Waals surface area contributed by atoms with Crippen LogP contribution in [0, 0.1) is 11.8 Å². The zero-order chi connectivity index (χ0) is 46.2. The highest BCUT2D eigenvalue weighted by Crippen LogP contribution is 2.36. The average Bonchev–Trinajstić information content (AvgIpc) is 3.28. The van der Waals surface area contributed by atoms with Crippen molar-refractivity contribution in [1.29, 1.82) is 0 Å². The van der Waals surface area contributed by atoms with Gasteiger partial charge in [0.2, 0.25) is 5.91 Å². The van der Waals surface area contributed by atoms with Gasteiger partial charge in [-0.3, -0.25) is 4.79 Å². The first-order valence-electron chi connectivity index (χ1n) is 22.9. The van der Waals surface area contributed by atoms with Crippen LogP contribution < -0.4 is 11.1 Å². The molecule has 0 radical (unpaired) electrons. The number of aliphatic hydroxyl groups is 9. The zero-order valence-corrected chi connectivity index (χ0v) is 37.3. The number of hydrogen-bond donors (Lipinski definition) is 11. The third-order valence-corrected chi connectivity index (χ3v) is 12.7. The maximum Gasteiger partial charge on any atom is 0.220 e. The summed E-state index contributed by atoms with van der Waals surface area (Å²) in [5.41, 5.74) is 6.36. The maximum atomic E-state index is 13.1. The number of aliphatic hydroxyl groups excluding tert-OH is 9. The lowest BCUT2D eigenvalue weighted by atomic mass is 9.90. The van der Waals surface area contributed by atoms with Crippen LogP contribution in [0.3, 0.4) is 0 Å². The van der Waals surface area contributed by atoms with E-state index in [0.29, 0.717) is 6.42 Å². The molecule has 20 heteroatoms. The third-order valence-electron chi connectivity index (χ3n) is 12.7. The number of ether oxygens (including phenoxy) is 8. The molecule has 0 spiro atoms. The normalized spacial score (nSPS) is 41.2. The van der Waals surface area contributed by atoms with Crippen molar-refractivity contribution in [3.63, 3.8) is 0 Å². The summed E-state index contributed by atoms with van der Waals surface area (Å²) in [6.07, 6.45) is -5.19. The Kier molecular flexibility index (Phi) is 23.5. The van der Waals surface area contributed by atoms with E-state index in [9.17, 15) is 50.8 Å². The molecule has 0 aliphatic carbocycles. The van der Waals surface area contributed by atoms with Crippen molar-refractivity contribution in [2.24, 2.45) is 17.6 Å². The van der Waals surface area contributed by atoms with E-state index in [2.05, 4.69) is 24.4 Å². The van der Waals surface area contributed by atoms with Gasteiger partial charge in [0, 0.05) is 25.4 Å². The highest BCUT2D eigenvalue weighted by molar-refractivity contribution is 5.76. The molecule has 4 heterocycles. The van der Waals surface area contributed by atoms with E-state index in [1.165, 1.54) is 39.7 Å². The van der Waals surface area contributed by atoms with Crippen molar-refractivity contribution in [3.8, 4) is 0 Å². The molecule has 4 aliphatic heterocycles. The molecule has 10 unspecified atom stereocenters. The summed E-state index contributed by atoms with van der Waals surface area (Å²) >= 11 is 0. The smallest absolute Gasteiger partial charge is 0.220 e. The molecule has 12 N–H and O–H groups in total. The van der Waals surface area contributed by atoms with Gasteiger partial charge in [0.15, 0.2) is 25.2 Å². The predicted molar refractivity (Wildman–Crippen MR) is 223 cm³/mol. The Morgan fingerprint density at radius 3 is 1.57 bits per heavy atom. The summed E-state index contributed by atoms with van der Waals surface area (Å²) in [6, 6.07) is -2.66. The van der Waals surface area contributed by atoms with Crippen molar-refractivity contribution in [3.05, 3.63) is 12.2 Å². The number of methoxy groups -OCH3 is 1. The summed E-state index contributed by atoms with van der Waals surface area (Å²) in [6.45, 7) is 2.71. The van der Waals surface area contributed by atoms with Crippen LogP contribution in [0.25, 0.3) is 0 Å². The van der Waals surface area contributed by atoms with Crippen molar-refractivity contribution in [1.82, 2.24) is 5.32 Å². The molecule has 4 rings (SSSR count). The Labute approximate surface area is 370 Å². The number of carbonyl (C=O) groups is 1. The highest BCUT2D eigenvalue weighted by atomic mass is 16.8. The van der Waals surface area contributed by atoms with Gasteiger partial charge < -0.3 is 94.9 Å². The number of carbonyl (C=O) groups excluding carboxylic acids is 1. The van der Waals surface area contributed by atoms with Gasteiger partial charge in [-0.2, -0.15) is 0 Å². The lowest BCUT2D eigenvalue weighted by Crippen LogP contribution is -2.68. The summed E-state index contributed by atoms with van der Waals surface area (Å²) in [5.74, 6) is -1.97. The molecule has 0 saturated carbocycles. The van der Waals surface area contributed by atoms with E-state index in [1.54, 1.807) is 6.92 Å². The lowest BCUT2D eigenvalue weighted by molar-refractivity contribution is -0.367. The minimum Gasteiger partial charge on any atom is -0.394 e. The van der Waals surface area contributed by atoms with Gasteiger partial charge in [0.25, 0.3) is 0 Å². The zero-order valence-electron chi connectivity index (χ0n) is 37.3. The summed E-state index contributed by atoms with van der Waals surface area (Å²) < 4.78 is 47.0. The molecule has 1 amide bonds. The molecule has 0 aromatic carbocycles. The van der Waals surface area contributed by atoms with Crippen LogP contribution in [-0.4, -0.2) is 196 Å². The van der Waals surface area contributed by atoms with E-state index in [-0.39, 0.29) is 6.42 Å². The number of amides is 1. The molecule has 0 bridgehead atoms. The van der Waals surface area contributed by atoms with Gasteiger partial charge in [-0.25, -0.2) is 0 Å². The van der Waals surface area contributed by atoms with Crippen molar-refractivity contribution >= 4 is 5.91 Å². The number of allylic oxidation sites excluding steroid dienone is 2. The van der Waals surface area contributed by atoms with Gasteiger partial charge in [-0.1, -0.05) is 71.4 Å². The van der Waals surface area contributed by atoms with Crippen LogP contribution in [0.15, 0.2) is 12.2 Å². The highest BCUT2D eigenvalue weighted by Gasteiger charge is 2.54. The van der Waals surface area contributed by atoms with Crippen LogP contribution in [0.5, 0.6) is 0 Å². The Hall–Kier alpha value is -1.51. The fourth-order valence-electron chi connectivity index (χ4n) is 8.62. The Morgan fingerprint density at radius 2 is 1.02 bits per heavy atom. The molecule has 63 heavy (non-hydrogen) atoms. The van der Waals surface area contributed by atoms with E-state index in [0.717, 1.165) is 38.5 Å². The molecule has 368 valence electrons. The first-order valence-corrected chi connectivity index (χ1v) is 22.9. The SMILES string of the molecule is CCCCCC/C=C\CCCCCCCC(=O)NC1[C@H](O[C@H]2C(CO)O[C@H](OC3C(CO)O[C@@H](O[C@H]4C(CO)O[C@H](OC)[C@H](C)C4O)C(N)[C@H]3O)[C@H](C)C2O)OC(CO)C(O)[C@@H]1O. The average molecular weight is 911 g/mol. The first-order chi connectivity index (χ1) is 30.3. The molecule has 4 saturated heterocycles. The Morgan fingerprint density at radius 1 is 0.571 bits per heavy atom. The molecule has 0 aromatic heterocycles. The van der Waals surface area contributed by atoms with Crippen molar-refractivity contribution < 1.29 is 88.6 Å². The number of nitrogens with one attached hydrogen (secondary N) is 1. The number of nitrogens with two attached hydrogens (primary N) is 1. The van der Waals surface area contributed by atoms with Crippen LogP contribution in [0.4, 0.5) is 0 Å². The second kappa shape index (κ2) is 27.3.